The monoisotopic (exact) mass is 328 g/mol. The largest absolute Gasteiger partial charge is 0.434 e. The number of nitrogens with one attached hydrogen (secondary N) is 1. The van der Waals surface area contributed by atoms with Crippen LogP contribution in [0.4, 0.5) is 10.5 Å². The normalized spacial score (nSPS) is 15.7. The molecule has 1 heterocycles. The molecule has 7 nitrogen and oxygen atoms in total. The lowest BCUT2D eigenvalue weighted by atomic mass is 10.2. The number of amides is 2. The molecule has 24 heavy (non-hydrogen) atoms. The van der Waals surface area contributed by atoms with Crippen LogP contribution in [-0.2, 0) is 9.53 Å². The lowest BCUT2D eigenvalue weighted by Gasteiger charge is -2.12. The van der Waals surface area contributed by atoms with Gasteiger partial charge in [-0.05, 0) is 42.5 Å². The molecule has 7 heteroatoms. The van der Waals surface area contributed by atoms with Gasteiger partial charge in [0.1, 0.15) is 0 Å². The molecule has 0 aliphatic carbocycles. The van der Waals surface area contributed by atoms with Gasteiger partial charge in [0, 0.05) is 24.3 Å². The van der Waals surface area contributed by atoms with Crippen LogP contribution < -0.4 is 10.4 Å². The number of aliphatic hydroxyl groups excluding tert-OH is 1. The van der Waals surface area contributed by atoms with E-state index in [0.29, 0.717) is 18.5 Å². The smallest absolute Gasteiger partial charge is 0.415 e. The van der Waals surface area contributed by atoms with Crippen molar-refractivity contribution in [2.75, 3.05) is 18.1 Å². The Labute approximate surface area is 139 Å². The summed E-state index contributed by atoms with van der Waals surface area (Å²) in [4.78, 5) is 24.4. The van der Waals surface area contributed by atoms with Crippen LogP contribution in [0.2, 0.25) is 0 Å². The van der Waals surface area contributed by atoms with E-state index in [2.05, 4.69) is 23.7 Å². The van der Waals surface area contributed by atoms with Crippen molar-refractivity contribution >= 4 is 17.7 Å². The molecule has 0 bridgehead atoms. The first-order valence-corrected chi connectivity index (χ1v) is 7.27. The predicted molar refractivity (Wildman–Crippen MR) is 85.0 cm³/mol. The minimum absolute atomic E-state index is 0.0204. The van der Waals surface area contributed by atoms with Gasteiger partial charge in [0.15, 0.2) is 0 Å². The number of hydrogen-bond donors (Lipinski definition) is 3. The number of carbonyl (C=O) groups is 2. The van der Waals surface area contributed by atoms with Crippen molar-refractivity contribution in [3.63, 3.8) is 0 Å². The number of unbranched alkanes of at least 4 members (excludes halogenated alkanes) is 1. The molecule has 0 radical (unpaired) electrons. The fraction of sp³-hybridized carbons (Fsp3) is 0.294. The van der Waals surface area contributed by atoms with Crippen LogP contribution in [0, 0.1) is 23.7 Å². The number of nitrogens with zero attached hydrogens (tertiary/aromatic N) is 1. The number of benzene rings is 1. The van der Waals surface area contributed by atoms with Crippen molar-refractivity contribution in [1.29, 1.82) is 0 Å². The molecule has 3 N–H and O–H groups in total. The summed E-state index contributed by atoms with van der Waals surface area (Å²) in [6.07, 6.45) is -0.470. The van der Waals surface area contributed by atoms with E-state index < -0.39 is 18.1 Å². The van der Waals surface area contributed by atoms with E-state index in [1.165, 1.54) is 10.4 Å². The zero-order chi connectivity index (χ0) is 17.4. The van der Waals surface area contributed by atoms with Gasteiger partial charge in [0.25, 0.3) is 5.91 Å². The Balaban J connectivity index is 1.99. The van der Waals surface area contributed by atoms with E-state index in [0.717, 1.165) is 5.56 Å². The number of anilines is 1. The Kier molecular flexibility index (Phi) is 6.21. The standard InChI is InChI=1S/C17H16N2O5/c20-11-5-3-1-2-4-6-13-7-9-14(10-8-13)19-12-15(16(21)18-23)24-17(19)22/h7-10,15,20,23H,3,5,11-12H2,(H,18,21)/t15-/m0/s1. The summed E-state index contributed by atoms with van der Waals surface area (Å²) >= 11 is 0. The molecule has 1 aromatic rings. The molecule has 0 spiro atoms. The van der Waals surface area contributed by atoms with Gasteiger partial charge >= 0.3 is 6.09 Å². The quantitative estimate of drug-likeness (QED) is 0.326. The Morgan fingerprint density at radius 3 is 2.75 bits per heavy atom. The van der Waals surface area contributed by atoms with Crippen molar-refractivity contribution in [3.8, 4) is 23.7 Å². The van der Waals surface area contributed by atoms with E-state index in [1.807, 2.05) is 0 Å². The maximum absolute atomic E-state index is 11.8. The van der Waals surface area contributed by atoms with E-state index in [9.17, 15) is 9.59 Å². The molecule has 1 saturated heterocycles. The van der Waals surface area contributed by atoms with Crippen LogP contribution in [0.1, 0.15) is 18.4 Å². The first-order chi connectivity index (χ1) is 11.7. The molecular weight excluding hydrogens is 312 g/mol. The van der Waals surface area contributed by atoms with Gasteiger partial charge in [-0.25, -0.2) is 10.3 Å². The highest BCUT2D eigenvalue weighted by atomic mass is 16.6. The molecule has 1 atom stereocenters. The number of hydrogen-bond acceptors (Lipinski definition) is 5. The van der Waals surface area contributed by atoms with Gasteiger partial charge in [-0.15, -0.1) is 0 Å². The van der Waals surface area contributed by atoms with Gasteiger partial charge in [0.2, 0.25) is 6.10 Å². The summed E-state index contributed by atoms with van der Waals surface area (Å²) in [5.74, 6) is 10.3. The van der Waals surface area contributed by atoms with E-state index in [-0.39, 0.29) is 13.2 Å². The van der Waals surface area contributed by atoms with Crippen LogP contribution in [0.5, 0.6) is 0 Å². The SMILES string of the molecule is O=C(NO)[C@@H]1CN(c2ccc(C#CC#CCCCO)cc2)C(=O)O1. The average molecular weight is 328 g/mol. The highest BCUT2D eigenvalue weighted by Crippen LogP contribution is 2.22. The van der Waals surface area contributed by atoms with Gasteiger partial charge in [-0.2, -0.15) is 0 Å². The molecule has 1 aliphatic rings. The first-order valence-electron chi connectivity index (χ1n) is 7.27. The van der Waals surface area contributed by atoms with Crippen molar-refractivity contribution in [2.45, 2.75) is 18.9 Å². The fourth-order valence-electron chi connectivity index (χ4n) is 1.98. The molecule has 1 fully saturated rings. The van der Waals surface area contributed by atoms with Gasteiger partial charge in [0.05, 0.1) is 6.54 Å². The number of cyclic esters (lactones) is 1. The van der Waals surface area contributed by atoms with Crippen LogP contribution in [0.25, 0.3) is 0 Å². The molecule has 2 amide bonds. The predicted octanol–water partition coefficient (Wildman–Crippen LogP) is 0.645. The summed E-state index contributed by atoms with van der Waals surface area (Å²) in [7, 11) is 0. The zero-order valence-corrected chi connectivity index (χ0v) is 12.8. The topological polar surface area (TPSA) is 99.1 Å². The Bertz CT molecular complexity index is 721. The second-order valence-corrected chi connectivity index (χ2v) is 4.88. The van der Waals surface area contributed by atoms with Gasteiger partial charge < -0.3 is 9.84 Å². The number of ether oxygens (including phenoxy) is 1. The molecular formula is C17H16N2O5. The summed E-state index contributed by atoms with van der Waals surface area (Å²) in [5.41, 5.74) is 2.75. The van der Waals surface area contributed by atoms with E-state index in [4.69, 9.17) is 15.1 Å². The molecule has 1 aromatic carbocycles. The molecule has 124 valence electrons. The second-order valence-electron chi connectivity index (χ2n) is 4.88. The highest BCUT2D eigenvalue weighted by molar-refractivity contribution is 5.95. The van der Waals surface area contributed by atoms with Crippen LogP contribution in [0.3, 0.4) is 0 Å². The molecule has 0 saturated carbocycles. The zero-order valence-electron chi connectivity index (χ0n) is 12.8. The van der Waals surface area contributed by atoms with E-state index >= 15 is 0 Å². The van der Waals surface area contributed by atoms with Crippen molar-refractivity contribution < 1.29 is 24.6 Å². The number of hydroxylamine groups is 1. The summed E-state index contributed by atoms with van der Waals surface area (Å²) in [6.45, 7) is 0.135. The third-order valence-electron chi connectivity index (χ3n) is 3.21. The number of aliphatic hydroxyl groups is 1. The van der Waals surface area contributed by atoms with Crippen molar-refractivity contribution in [2.24, 2.45) is 0 Å². The van der Waals surface area contributed by atoms with Crippen LogP contribution in [-0.4, -0.2) is 41.6 Å². The molecule has 0 unspecified atom stereocenters. The third kappa shape index (κ3) is 4.50. The third-order valence-corrected chi connectivity index (χ3v) is 3.21. The molecule has 1 aliphatic heterocycles. The minimum atomic E-state index is -1.05. The van der Waals surface area contributed by atoms with Gasteiger partial charge in [-0.1, -0.05) is 11.8 Å². The first kappa shape index (κ1) is 17.4. The summed E-state index contributed by atoms with van der Waals surface area (Å²) in [6, 6.07) is 6.82. The minimum Gasteiger partial charge on any atom is -0.434 e. The Morgan fingerprint density at radius 2 is 2.08 bits per heavy atom. The van der Waals surface area contributed by atoms with Gasteiger partial charge in [-0.3, -0.25) is 14.9 Å². The van der Waals surface area contributed by atoms with Crippen LogP contribution >= 0.6 is 0 Å². The van der Waals surface area contributed by atoms with Crippen LogP contribution in [0.15, 0.2) is 24.3 Å². The molecule has 2 rings (SSSR count). The fourth-order valence-corrected chi connectivity index (χ4v) is 1.98. The maximum Gasteiger partial charge on any atom is 0.415 e. The highest BCUT2D eigenvalue weighted by Gasteiger charge is 2.36. The number of carbonyl (C=O) groups excluding carboxylic acids is 2. The Hall–Kier alpha value is -3.00. The lowest BCUT2D eigenvalue weighted by molar-refractivity contribution is -0.136. The van der Waals surface area contributed by atoms with E-state index in [1.54, 1.807) is 24.3 Å². The van der Waals surface area contributed by atoms with Crippen molar-refractivity contribution in [1.82, 2.24) is 5.48 Å². The summed E-state index contributed by atoms with van der Waals surface area (Å²) < 4.78 is 4.87. The average Bonchev–Trinajstić information content (AvgIpc) is 2.99. The van der Waals surface area contributed by atoms with Crippen molar-refractivity contribution in [3.05, 3.63) is 29.8 Å². The maximum atomic E-state index is 11.8. The second kappa shape index (κ2) is 8.59. The lowest BCUT2D eigenvalue weighted by Crippen LogP contribution is -2.35. The Morgan fingerprint density at radius 1 is 1.33 bits per heavy atom. The molecule has 0 aromatic heterocycles. The number of rotatable bonds is 4. The summed E-state index contributed by atoms with van der Waals surface area (Å²) in [5, 5.41) is 17.2.